The second-order valence-electron chi connectivity index (χ2n) is 5.90. The molecule has 1 heterocycles. The lowest BCUT2D eigenvalue weighted by Gasteiger charge is -2.13. The third-order valence-electron chi connectivity index (χ3n) is 3.74. The fourth-order valence-electron chi connectivity index (χ4n) is 2.40. The zero-order valence-electron chi connectivity index (χ0n) is 15.4. The standard InChI is InChI=1S/C21H19Cl2N3O3/c22-15-12-17(23)21(26-13-15)29-19-9-5-4-8-18(19)25-14-20(27)24-10-11-28-16-6-2-1-3-7-16/h1-9,12-13,25H,10-11,14H2,(H,24,27). The van der Waals surface area contributed by atoms with E-state index in [9.17, 15) is 4.79 Å². The van der Waals surface area contributed by atoms with Crippen LogP contribution in [0.4, 0.5) is 5.69 Å². The molecule has 29 heavy (non-hydrogen) atoms. The molecule has 0 saturated heterocycles. The van der Waals surface area contributed by atoms with Crippen LogP contribution in [0.3, 0.4) is 0 Å². The normalized spacial score (nSPS) is 10.3. The highest BCUT2D eigenvalue weighted by atomic mass is 35.5. The van der Waals surface area contributed by atoms with Gasteiger partial charge in [-0.25, -0.2) is 4.98 Å². The summed E-state index contributed by atoms with van der Waals surface area (Å²) in [5.41, 5.74) is 0.635. The number of nitrogens with one attached hydrogen (secondary N) is 2. The van der Waals surface area contributed by atoms with Crippen LogP contribution in [0.2, 0.25) is 10.0 Å². The molecule has 0 saturated carbocycles. The number of benzene rings is 2. The van der Waals surface area contributed by atoms with Crippen molar-refractivity contribution in [1.29, 1.82) is 0 Å². The van der Waals surface area contributed by atoms with Gasteiger partial charge in [0.05, 0.1) is 23.8 Å². The van der Waals surface area contributed by atoms with Gasteiger partial charge in [-0.3, -0.25) is 4.79 Å². The van der Waals surface area contributed by atoms with E-state index >= 15 is 0 Å². The van der Waals surface area contributed by atoms with E-state index in [1.54, 1.807) is 18.2 Å². The van der Waals surface area contributed by atoms with Crippen LogP contribution in [-0.4, -0.2) is 30.6 Å². The van der Waals surface area contributed by atoms with E-state index < -0.39 is 0 Å². The maximum absolute atomic E-state index is 12.1. The highest BCUT2D eigenvalue weighted by molar-refractivity contribution is 6.35. The van der Waals surface area contributed by atoms with Gasteiger partial charge in [-0.1, -0.05) is 53.5 Å². The van der Waals surface area contributed by atoms with Crippen LogP contribution < -0.4 is 20.1 Å². The van der Waals surface area contributed by atoms with Crippen molar-refractivity contribution >= 4 is 34.8 Å². The molecule has 2 N–H and O–H groups in total. The van der Waals surface area contributed by atoms with Gasteiger partial charge < -0.3 is 20.1 Å². The van der Waals surface area contributed by atoms with Crippen molar-refractivity contribution in [3.05, 3.63) is 76.9 Å². The summed E-state index contributed by atoms with van der Waals surface area (Å²) in [5, 5.41) is 6.55. The average molecular weight is 432 g/mol. The molecular formula is C21H19Cl2N3O3. The number of halogens is 2. The number of carbonyl (C=O) groups is 1. The smallest absolute Gasteiger partial charge is 0.239 e. The first-order chi connectivity index (χ1) is 14.1. The summed E-state index contributed by atoms with van der Waals surface area (Å²) in [5.74, 6) is 1.32. The van der Waals surface area contributed by atoms with Gasteiger partial charge in [-0.05, 0) is 30.3 Å². The summed E-state index contributed by atoms with van der Waals surface area (Å²) in [4.78, 5) is 16.1. The van der Waals surface area contributed by atoms with Gasteiger partial charge in [0.2, 0.25) is 11.8 Å². The minimum Gasteiger partial charge on any atom is -0.492 e. The van der Waals surface area contributed by atoms with E-state index in [4.69, 9.17) is 32.7 Å². The minimum absolute atomic E-state index is 0.0769. The van der Waals surface area contributed by atoms with Gasteiger partial charge in [0.25, 0.3) is 0 Å². The lowest BCUT2D eigenvalue weighted by molar-refractivity contribution is -0.119. The quantitative estimate of drug-likeness (QED) is 0.476. The van der Waals surface area contributed by atoms with Gasteiger partial charge in [-0.2, -0.15) is 0 Å². The number of anilines is 1. The van der Waals surface area contributed by atoms with Crippen LogP contribution in [0.1, 0.15) is 0 Å². The van der Waals surface area contributed by atoms with Gasteiger partial charge in [0.1, 0.15) is 17.4 Å². The number of nitrogens with zero attached hydrogens (tertiary/aromatic N) is 1. The molecular weight excluding hydrogens is 413 g/mol. The number of carbonyl (C=O) groups excluding carboxylic acids is 1. The Morgan fingerprint density at radius 2 is 1.79 bits per heavy atom. The molecule has 1 amide bonds. The fourth-order valence-corrected chi connectivity index (χ4v) is 2.82. The van der Waals surface area contributed by atoms with E-state index in [0.717, 1.165) is 5.75 Å². The molecule has 0 aliphatic rings. The molecule has 0 aliphatic carbocycles. The molecule has 1 aromatic heterocycles. The molecule has 150 valence electrons. The van der Waals surface area contributed by atoms with E-state index in [0.29, 0.717) is 34.6 Å². The third kappa shape index (κ3) is 6.55. The summed E-state index contributed by atoms with van der Waals surface area (Å²) < 4.78 is 11.3. The molecule has 0 atom stereocenters. The molecule has 0 unspecified atom stereocenters. The topological polar surface area (TPSA) is 72.5 Å². The van der Waals surface area contributed by atoms with Crippen LogP contribution in [-0.2, 0) is 4.79 Å². The third-order valence-corrected chi connectivity index (χ3v) is 4.22. The molecule has 2 aromatic carbocycles. The largest absolute Gasteiger partial charge is 0.492 e. The average Bonchev–Trinajstić information content (AvgIpc) is 2.73. The van der Waals surface area contributed by atoms with Gasteiger partial charge in [-0.15, -0.1) is 0 Å². The van der Waals surface area contributed by atoms with Crippen LogP contribution in [0.25, 0.3) is 0 Å². The first kappa shape index (κ1) is 20.8. The first-order valence-electron chi connectivity index (χ1n) is 8.88. The maximum Gasteiger partial charge on any atom is 0.239 e. The van der Waals surface area contributed by atoms with Gasteiger partial charge >= 0.3 is 0 Å². The van der Waals surface area contributed by atoms with Crippen molar-refractivity contribution in [2.75, 3.05) is 25.0 Å². The van der Waals surface area contributed by atoms with Crippen LogP contribution in [0.5, 0.6) is 17.4 Å². The molecule has 0 bridgehead atoms. The molecule has 0 aliphatic heterocycles. The molecule has 3 rings (SSSR count). The zero-order valence-corrected chi connectivity index (χ0v) is 16.9. The molecule has 0 fully saturated rings. The number of pyridine rings is 1. The minimum atomic E-state index is -0.167. The van der Waals surface area contributed by atoms with Gasteiger partial charge in [0.15, 0.2) is 5.75 Å². The fraction of sp³-hybridized carbons (Fsp3) is 0.143. The van der Waals surface area contributed by atoms with Crippen molar-refractivity contribution in [3.63, 3.8) is 0 Å². The number of hydrogen-bond donors (Lipinski definition) is 2. The van der Waals surface area contributed by atoms with E-state index in [1.165, 1.54) is 6.20 Å². The number of para-hydroxylation sites is 3. The van der Waals surface area contributed by atoms with Gasteiger partial charge in [0, 0.05) is 6.20 Å². The van der Waals surface area contributed by atoms with Crippen LogP contribution >= 0.6 is 23.2 Å². The second kappa shape index (κ2) is 10.5. The highest BCUT2D eigenvalue weighted by Crippen LogP contribution is 2.33. The lowest BCUT2D eigenvalue weighted by atomic mass is 10.3. The van der Waals surface area contributed by atoms with Crippen molar-refractivity contribution in [1.82, 2.24) is 10.3 Å². The molecule has 3 aromatic rings. The Kier molecular flexibility index (Phi) is 7.55. The Bertz CT molecular complexity index is 955. The Morgan fingerprint density at radius 3 is 2.59 bits per heavy atom. The zero-order chi connectivity index (χ0) is 20.5. The van der Waals surface area contributed by atoms with E-state index in [1.807, 2.05) is 42.5 Å². The summed E-state index contributed by atoms with van der Waals surface area (Å²) >= 11 is 12.0. The monoisotopic (exact) mass is 431 g/mol. The van der Waals surface area contributed by atoms with Crippen molar-refractivity contribution in [2.45, 2.75) is 0 Å². The highest BCUT2D eigenvalue weighted by Gasteiger charge is 2.10. The molecule has 0 radical (unpaired) electrons. The predicted octanol–water partition coefficient (Wildman–Crippen LogP) is 4.79. The Balaban J connectivity index is 1.48. The van der Waals surface area contributed by atoms with E-state index in [2.05, 4.69) is 15.6 Å². The summed E-state index contributed by atoms with van der Waals surface area (Å²) in [7, 11) is 0. The second-order valence-corrected chi connectivity index (χ2v) is 6.75. The summed E-state index contributed by atoms with van der Waals surface area (Å²) in [6, 6.07) is 18.2. The Morgan fingerprint density at radius 1 is 1.03 bits per heavy atom. The number of amides is 1. The summed E-state index contributed by atoms with van der Waals surface area (Å²) in [6.45, 7) is 0.863. The lowest BCUT2D eigenvalue weighted by Crippen LogP contribution is -2.33. The Hall–Kier alpha value is -2.96. The van der Waals surface area contributed by atoms with Crippen LogP contribution in [0.15, 0.2) is 66.9 Å². The maximum atomic E-state index is 12.1. The number of hydrogen-bond acceptors (Lipinski definition) is 5. The van der Waals surface area contributed by atoms with Crippen molar-refractivity contribution in [2.24, 2.45) is 0 Å². The number of rotatable bonds is 9. The number of ether oxygens (including phenoxy) is 2. The Labute approximate surface area is 178 Å². The first-order valence-corrected chi connectivity index (χ1v) is 9.64. The number of aromatic nitrogens is 1. The van der Waals surface area contributed by atoms with E-state index in [-0.39, 0.29) is 18.3 Å². The molecule has 8 heteroatoms. The van der Waals surface area contributed by atoms with Crippen molar-refractivity contribution in [3.8, 4) is 17.4 Å². The summed E-state index contributed by atoms with van der Waals surface area (Å²) in [6.07, 6.45) is 1.45. The SMILES string of the molecule is O=C(CNc1ccccc1Oc1ncc(Cl)cc1Cl)NCCOc1ccccc1. The molecule has 6 nitrogen and oxygen atoms in total. The van der Waals surface area contributed by atoms with Crippen molar-refractivity contribution < 1.29 is 14.3 Å². The predicted molar refractivity (Wildman–Crippen MR) is 114 cm³/mol. The van der Waals surface area contributed by atoms with Crippen LogP contribution in [0, 0.1) is 0 Å². The molecule has 0 spiro atoms.